The summed E-state index contributed by atoms with van der Waals surface area (Å²) >= 11 is 5.52. The molecule has 82 valence electrons. The second-order valence-electron chi connectivity index (χ2n) is 3.13. The van der Waals surface area contributed by atoms with Crippen LogP contribution in [0.15, 0.2) is 16.6 Å². The normalized spacial score (nSPS) is 10.1. The van der Waals surface area contributed by atoms with E-state index in [4.69, 9.17) is 4.74 Å². The molecule has 0 heterocycles. The van der Waals surface area contributed by atoms with Crippen molar-refractivity contribution >= 4 is 44.8 Å². The first kappa shape index (κ1) is 13.0. The Kier molecular flexibility index (Phi) is 5.60. The largest absolute Gasteiger partial charge is 0.492 e. The van der Waals surface area contributed by atoms with E-state index in [0.29, 0.717) is 17.9 Å². The summed E-state index contributed by atoms with van der Waals surface area (Å²) in [6, 6.07) is 3.71. The lowest BCUT2D eigenvalue weighted by atomic mass is 10.2. The molecule has 1 aromatic carbocycles. The topological polar surface area (TPSA) is 26.3 Å². The quantitative estimate of drug-likeness (QED) is 0.436. The van der Waals surface area contributed by atoms with Gasteiger partial charge in [0.1, 0.15) is 5.75 Å². The number of hydrogen-bond acceptors (Lipinski definition) is 2. The van der Waals surface area contributed by atoms with E-state index < -0.39 is 0 Å². The van der Waals surface area contributed by atoms with Crippen LogP contribution in [0.1, 0.15) is 30.1 Å². The van der Waals surface area contributed by atoms with Gasteiger partial charge in [-0.05, 0) is 41.1 Å². The smallest absolute Gasteiger partial charge is 0.153 e. The highest BCUT2D eigenvalue weighted by atomic mass is 127. The fraction of sp³-hybridized carbons (Fsp3) is 0.364. The highest BCUT2D eigenvalue weighted by Crippen LogP contribution is 2.28. The van der Waals surface area contributed by atoms with E-state index in [2.05, 4.69) is 45.4 Å². The van der Waals surface area contributed by atoms with E-state index in [1.807, 2.05) is 6.07 Å². The summed E-state index contributed by atoms with van der Waals surface area (Å²) in [5.74, 6) is 0.697. The van der Waals surface area contributed by atoms with Crippen molar-refractivity contribution in [1.29, 1.82) is 0 Å². The molecule has 0 unspecified atom stereocenters. The second-order valence-corrected chi connectivity index (χ2v) is 5.20. The number of carbonyl (C=O) groups excluding carboxylic acids is 1. The molecule has 0 fully saturated rings. The molecular formula is C11H12BrIO2. The fourth-order valence-electron chi connectivity index (χ4n) is 1.14. The van der Waals surface area contributed by atoms with Crippen LogP contribution in [0.25, 0.3) is 0 Å². The highest BCUT2D eigenvalue weighted by molar-refractivity contribution is 14.1. The van der Waals surface area contributed by atoms with Gasteiger partial charge in [0.15, 0.2) is 6.29 Å². The molecule has 0 aliphatic heterocycles. The zero-order valence-corrected chi connectivity index (χ0v) is 12.2. The number of aldehydes is 1. The van der Waals surface area contributed by atoms with Crippen molar-refractivity contribution in [1.82, 2.24) is 0 Å². The Morgan fingerprint density at radius 1 is 1.53 bits per heavy atom. The van der Waals surface area contributed by atoms with Gasteiger partial charge in [-0.15, -0.1) is 0 Å². The van der Waals surface area contributed by atoms with Crippen molar-refractivity contribution < 1.29 is 9.53 Å². The van der Waals surface area contributed by atoms with Gasteiger partial charge in [-0.1, -0.05) is 29.3 Å². The average Bonchev–Trinajstić information content (AvgIpc) is 2.20. The van der Waals surface area contributed by atoms with Gasteiger partial charge in [0.25, 0.3) is 0 Å². The lowest BCUT2D eigenvalue weighted by Crippen LogP contribution is -2.01. The van der Waals surface area contributed by atoms with Crippen LogP contribution in [0, 0.1) is 3.57 Å². The van der Waals surface area contributed by atoms with Crippen LogP contribution < -0.4 is 4.74 Å². The first-order chi connectivity index (χ1) is 7.19. The Morgan fingerprint density at radius 2 is 2.27 bits per heavy atom. The molecule has 0 amide bonds. The molecule has 0 radical (unpaired) electrons. The Labute approximate surface area is 112 Å². The van der Waals surface area contributed by atoms with E-state index in [1.165, 1.54) is 0 Å². The summed E-state index contributed by atoms with van der Waals surface area (Å²) in [5, 5.41) is 0. The Balaban J connectivity index is 2.89. The van der Waals surface area contributed by atoms with Crippen LogP contribution in [-0.2, 0) is 0 Å². The third-order valence-corrected chi connectivity index (χ3v) is 3.17. The molecule has 0 N–H and O–H groups in total. The van der Waals surface area contributed by atoms with Crippen molar-refractivity contribution in [3.8, 4) is 5.75 Å². The molecular weight excluding hydrogens is 371 g/mol. The molecule has 4 heteroatoms. The summed E-state index contributed by atoms with van der Waals surface area (Å²) in [6.07, 6.45) is 2.92. The highest BCUT2D eigenvalue weighted by Gasteiger charge is 2.09. The lowest BCUT2D eigenvalue weighted by Gasteiger charge is -2.10. The van der Waals surface area contributed by atoms with Crippen LogP contribution in [0.4, 0.5) is 0 Å². The predicted molar refractivity (Wildman–Crippen MR) is 72.6 cm³/mol. The number of carbonyl (C=O) groups is 1. The molecule has 15 heavy (non-hydrogen) atoms. The van der Waals surface area contributed by atoms with E-state index >= 15 is 0 Å². The van der Waals surface area contributed by atoms with E-state index in [9.17, 15) is 4.79 Å². The zero-order valence-electron chi connectivity index (χ0n) is 8.43. The maximum absolute atomic E-state index is 10.9. The van der Waals surface area contributed by atoms with Gasteiger partial charge in [-0.25, -0.2) is 0 Å². The van der Waals surface area contributed by atoms with Crippen LogP contribution in [-0.4, -0.2) is 12.9 Å². The summed E-state index contributed by atoms with van der Waals surface area (Å²) in [7, 11) is 0. The molecule has 0 spiro atoms. The van der Waals surface area contributed by atoms with Crippen LogP contribution >= 0.6 is 38.5 Å². The van der Waals surface area contributed by atoms with E-state index in [1.54, 1.807) is 6.07 Å². The number of ether oxygens (including phenoxy) is 1. The number of benzene rings is 1. The van der Waals surface area contributed by atoms with Crippen molar-refractivity contribution in [3.05, 3.63) is 25.7 Å². The maximum atomic E-state index is 10.9. The first-order valence-corrected chi connectivity index (χ1v) is 6.63. The van der Waals surface area contributed by atoms with Crippen molar-refractivity contribution in [3.63, 3.8) is 0 Å². The minimum Gasteiger partial charge on any atom is -0.492 e. The Bertz CT molecular complexity index is 353. The van der Waals surface area contributed by atoms with Gasteiger partial charge in [0.05, 0.1) is 15.7 Å². The molecule has 1 rings (SSSR count). The Hall–Kier alpha value is -0.100. The molecule has 0 aliphatic rings. The molecule has 0 aromatic heterocycles. The van der Waals surface area contributed by atoms with Gasteiger partial charge in [-0.2, -0.15) is 0 Å². The summed E-state index contributed by atoms with van der Waals surface area (Å²) < 4.78 is 7.45. The number of unbranched alkanes of at least 4 members (excludes halogenated alkanes) is 1. The van der Waals surface area contributed by atoms with Gasteiger partial charge >= 0.3 is 0 Å². The van der Waals surface area contributed by atoms with Crippen molar-refractivity contribution in [2.45, 2.75) is 19.8 Å². The SMILES string of the molecule is CCCCOc1c(I)cc(Br)cc1C=O. The zero-order chi connectivity index (χ0) is 11.3. The van der Waals surface area contributed by atoms with Gasteiger partial charge < -0.3 is 4.74 Å². The monoisotopic (exact) mass is 382 g/mol. The predicted octanol–water partition coefficient (Wildman–Crippen LogP) is 4.05. The number of halogens is 2. The van der Waals surface area contributed by atoms with E-state index in [-0.39, 0.29) is 0 Å². The average molecular weight is 383 g/mol. The lowest BCUT2D eigenvalue weighted by molar-refractivity contribution is 0.111. The molecule has 0 atom stereocenters. The number of hydrogen-bond donors (Lipinski definition) is 0. The van der Waals surface area contributed by atoms with E-state index in [0.717, 1.165) is 27.2 Å². The standard InChI is InChI=1S/C11H12BrIO2/c1-2-3-4-15-11-8(7-14)5-9(12)6-10(11)13/h5-7H,2-4H2,1H3. The fourth-order valence-corrected chi connectivity index (χ4v) is 2.84. The van der Waals surface area contributed by atoms with Gasteiger partial charge in [-0.3, -0.25) is 4.79 Å². The number of rotatable bonds is 5. The first-order valence-electron chi connectivity index (χ1n) is 4.76. The minimum absolute atomic E-state index is 0.602. The van der Waals surface area contributed by atoms with Gasteiger partial charge in [0, 0.05) is 4.47 Å². The Morgan fingerprint density at radius 3 is 2.87 bits per heavy atom. The summed E-state index contributed by atoms with van der Waals surface area (Å²) in [4.78, 5) is 10.9. The maximum Gasteiger partial charge on any atom is 0.153 e. The third-order valence-electron chi connectivity index (χ3n) is 1.91. The summed E-state index contributed by atoms with van der Waals surface area (Å²) in [6.45, 7) is 2.77. The molecule has 0 saturated heterocycles. The second kappa shape index (κ2) is 6.48. The van der Waals surface area contributed by atoms with Crippen molar-refractivity contribution in [2.75, 3.05) is 6.61 Å². The molecule has 1 aromatic rings. The minimum atomic E-state index is 0.602. The van der Waals surface area contributed by atoms with Crippen LogP contribution in [0.2, 0.25) is 0 Å². The third kappa shape index (κ3) is 3.75. The van der Waals surface area contributed by atoms with Crippen LogP contribution in [0.5, 0.6) is 5.75 Å². The van der Waals surface area contributed by atoms with Gasteiger partial charge in [0.2, 0.25) is 0 Å². The summed E-state index contributed by atoms with van der Waals surface area (Å²) in [5.41, 5.74) is 0.602. The van der Waals surface area contributed by atoms with Crippen molar-refractivity contribution in [2.24, 2.45) is 0 Å². The molecule has 0 bridgehead atoms. The molecule has 2 nitrogen and oxygen atoms in total. The molecule has 0 saturated carbocycles. The molecule has 0 aliphatic carbocycles. The van der Waals surface area contributed by atoms with Crippen LogP contribution in [0.3, 0.4) is 0 Å².